The molecule has 0 bridgehead atoms. The summed E-state index contributed by atoms with van der Waals surface area (Å²) in [5.41, 5.74) is 1.33. The van der Waals surface area contributed by atoms with E-state index in [1.807, 2.05) is 6.20 Å². The summed E-state index contributed by atoms with van der Waals surface area (Å²) in [5.74, 6) is 2.31. The number of hydrogen-bond donors (Lipinski definition) is 0. The number of hydrogen-bond acceptors (Lipinski definition) is 3. The Morgan fingerprint density at radius 1 is 1.18 bits per heavy atom. The van der Waals surface area contributed by atoms with Crippen LogP contribution < -0.4 is 4.90 Å². The Labute approximate surface area is 104 Å². The molecule has 1 aromatic rings. The third kappa shape index (κ3) is 2.97. The fraction of sp³-hybridized carbons (Fsp3) is 0.643. The molecule has 17 heavy (non-hydrogen) atoms. The quantitative estimate of drug-likeness (QED) is 0.804. The summed E-state index contributed by atoms with van der Waals surface area (Å²) in [6.45, 7) is 10.3. The second-order valence-electron chi connectivity index (χ2n) is 5.08. The van der Waals surface area contributed by atoms with E-state index in [1.165, 1.54) is 5.56 Å². The molecule has 3 nitrogen and oxygen atoms in total. The van der Waals surface area contributed by atoms with Gasteiger partial charge in [0.2, 0.25) is 0 Å². The highest BCUT2D eigenvalue weighted by Crippen LogP contribution is 2.24. The number of pyridine rings is 1. The highest BCUT2D eigenvalue weighted by Gasteiger charge is 2.14. The molecule has 0 aliphatic carbocycles. The lowest BCUT2D eigenvalue weighted by Crippen LogP contribution is -2.36. The lowest BCUT2D eigenvalue weighted by molar-refractivity contribution is 0.122. The summed E-state index contributed by atoms with van der Waals surface area (Å²) in [6, 6.07) is 4.35. The zero-order valence-corrected chi connectivity index (χ0v) is 11.0. The second-order valence-corrected chi connectivity index (χ2v) is 5.08. The summed E-state index contributed by atoms with van der Waals surface area (Å²) < 4.78 is 5.35. The Balaban J connectivity index is 2.06. The third-order valence-electron chi connectivity index (χ3n) is 3.63. The summed E-state index contributed by atoms with van der Waals surface area (Å²) >= 11 is 0. The van der Waals surface area contributed by atoms with Gasteiger partial charge in [0.15, 0.2) is 0 Å². The van der Waals surface area contributed by atoms with Gasteiger partial charge < -0.3 is 9.64 Å². The lowest BCUT2D eigenvalue weighted by atomic mass is 9.91. The number of morpholine rings is 1. The van der Waals surface area contributed by atoms with E-state index in [9.17, 15) is 0 Å². The van der Waals surface area contributed by atoms with Gasteiger partial charge in [-0.15, -0.1) is 0 Å². The van der Waals surface area contributed by atoms with Crippen LogP contribution in [0.1, 0.15) is 32.3 Å². The zero-order chi connectivity index (χ0) is 12.3. The normalized spacial score (nSPS) is 18.5. The fourth-order valence-corrected chi connectivity index (χ4v) is 2.03. The van der Waals surface area contributed by atoms with Gasteiger partial charge in [-0.3, -0.25) is 0 Å². The first-order chi connectivity index (χ1) is 8.18. The van der Waals surface area contributed by atoms with Gasteiger partial charge >= 0.3 is 0 Å². The van der Waals surface area contributed by atoms with E-state index in [1.54, 1.807) is 0 Å². The van der Waals surface area contributed by atoms with Crippen LogP contribution in [-0.4, -0.2) is 31.3 Å². The van der Waals surface area contributed by atoms with E-state index >= 15 is 0 Å². The van der Waals surface area contributed by atoms with Crippen LogP contribution in [0.4, 0.5) is 5.82 Å². The average Bonchev–Trinajstić information content (AvgIpc) is 2.39. The van der Waals surface area contributed by atoms with Crippen molar-refractivity contribution in [3.05, 3.63) is 23.9 Å². The van der Waals surface area contributed by atoms with E-state index in [2.05, 4.69) is 42.8 Å². The number of rotatable bonds is 3. The van der Waals surface area contributed by atoms with Crippen molar-refractivity contribution in [2.75, 3.05) is 31.2 Å². The van der Waals surface area contributed by atoms with Gasteiger partial charge in [-0.1, -0.05) is 26.8 Å². The van der Waals surface area contributed by atoms with Crippen LogP contribution in [0, 0.1) is 5.92 Å². The smallest absolute Gasteiger partial charge is 0.128 e. The lowest BCUT2D eigenvalue weighted by Gasteiger charge is -2.28. The van der Waals surface area contributed by atoms with Crippen molar-refractivity contribution in [1.29, 1.82) is 0 Å². The van der Waals surface area contributed by atoms with E-state index in [-0.39, 0.29) is 0 Å². The number of aromatic nitrogens is 1. The summed E-state index contributed by atoms with van der Waals surface area (Å²) in [5, 5.41) is 0. The van der Waals surface area contributed by atoms with Gasteiger partial charge in [0.1, 0.15) is 5.82 Å². The highest BCUT2D eigenvalue weighted by molar-refractivity contribution is 5.40. The molecular weight excluding hydrogens is 212 g/mol. The molecular formula is C14H22N2O. The predicted octanol–water partition coefficient (Wildman–Crippen LogP) is 2.68. The highest BCUT2D eigenvalue weighted by atomic mass is 16.5. The Kier molecular flexibility index (Phi) is 4.00. The molecule has 1 saturated heterocycles. The van der Waals surface area contributed by atoms with Crippen LogP contribution in [0.2, 0.25) is 0 Å². The van der Waals surface area contributed by atoms with Gasteiger partial charge in [0, 0.05) is 19.3 Å². The van der Waals surface area contributed by atoms with Crippen molar-refractivity contribution in [2.24, 2.45) is 5.92 Å². The van der Waals surface area contributed by atoms with Crippen LogP contribution in [0.15, 0.2) is 18.3 Å². The fourth-order valence-electron chi connectivity index (χ4n) is 2.03. The molecule has 0 N–H and O–H groups in total. The molecule has 1 aliphatic rings. The molecule has 3 heteroatoms. The zero-order valence-electron chi connectivity index (χ0n) is 11.0. The number of ether oxygens (including phenoxy) is 1. The molecule has 2 rings (SSSR count). The van der Waals surface area contributed by atoms with Crippen molar-refractivity contribution < 1.29 is 4.74 Å². The maximum absolute atomic E-state index is 5.35. The molecule has 1 atom stereocenters. The Morgan fingerprint density at radius 2 is 1.88 bits per heavy atom. The van der Waals surface area contributed by atoms with Gasteiger partial charge in [0.25, 0.3) is 0 Å². The molecule has 2 heterocycles. The Morgan fingerprint density at radius 3 is 2.41 bits per heavy atom. The van der Waals surface area contributed by atoms with Crippen LogP contribution in [0.5, 0.6) is 0 Å². The first-order valence-electron chi connectivity index (χ1n) is 6.47. The molecule has 0 spiro atoms. The van der Waals surface area contributed by atoms with Crippen LogP contribution in [-0.2, 0) is 4.74 Å². The minimum atomic E-state index is 0.571. The standard InChI is InChI=1S/C14H22N2O/c1-11(2)12(3)13-4-5-14(15-10-13)16-6-8-17-9-7-16/h4-5,10-12H,6-9H2,1-3H3/t12-/m0/s1. The SMILES string of the molecule is CC(C)[C@H](C)c1ccc(N2CCOCC2)nc1. The predicted molar refractivity (Wildman–Crippen MR) is 70.5 cm³/mol. The van der Waals surface area contributed by atoms with Crippen molar-refractivity contribution in [2.45, 2.75) is 26.7 Å². The van der Waals surface area contributed by atoms with Crippen molar-refractivity contribution in [3.63, 3.8) is 0 Å². The molecule has 1 fully saturated rings. The van der Waals surface area contributed by atoms with E-state index in [4.69, 9.17) is 4.74 Å². The number of anilines is 1. The van der Waals surface area contributed by atoms with Crippen molar-refractivity contribution in [3.8, 4) is 0 Å². The molecule has 94 valence electrons. The van der Waals surface area contributed by atoms with E-state index < -0.39 is 0 Å². The molecule has 0 radical (unpaired) electrons. The minimum absolute atomic E-state index is 0.571. The summed E-state index contributed by atoms with van der Waals surface area (Å²) in [4.78, 5) is 6.86. The molecule has 0 aromatic carbocycles. The van der Waals surface area contributed by atoms with E-state index in [0.29, 0.717) is 11.8 Å². The van der Waals surface area contributed by atoms with Crippen LogP contribution in [0.3, 0.4) is 0 Å². The second kappa shape index (κ2) is 5.50. The van der Waals surface area contributed by atoms with Crippen LogP contribution in [0.25, 0.3) is 0 Å². The Hall–Kier alpha value is -1.09. The van der Waals surface area contributed by atoms with Gasteiger partial charge in [-0.25, -0.2) is 4.98 Å². The van der Waals surface area contributed by atoms with Gasteiger partial charge in [-0.05, 0) is 23.5 Å². The van der Waals surface area contributed by atoms with Crippen LogP contribution >= 0.6 is 0 Å². The minimum Gasteiger partial charge on any atom is -0.378 e. The van der Waals surface area contributed by atoms with Crippen molar-refractivity contribution in [1.82, 2.24) is 4.98 Å². The Bertz CT molecular complexity index is 342. The van der Waals surface area contributed by atoms with E-state index in [0.717, 1.165) is 32.1 Å². The molecule has 0 amide bonds. The molecule has 1 aliphatic heterocycles. The topological polar surface area (TPSA) is 25.4 Å². The average molecular weight is 234 g/mol. The third-order valence-corrected chi connectivity index (χ3v) is 3.63. The molecule has 0 unspecified atom stereocenters. The maximum Gasteiger partial charge on any atom is 0.128 e. The monoisotopic (exact) mass is 234 g/mol. The first kappa shape index (κ1) is 12.4. The van der Waals surface area contributed by atoms with Crippen molar-refractivity contribution >= 4 is 5.82 Å². The van der Waals surface area contributed by atoms with Gasteiger partial charge in [-0.2, -0.15) is 0 Å². The number of nitrogens with zero attached hydrogens (tertiary/aromatic N) is 2. The largest absolute Gasteiger partial charge is 0.378 e. The molecule has 0 saturated carbocycles. The maximum atomic E-state index is 5.35. The summed E-state index contributed by atoms with van der Waals surface area (Å²) in [6.07, 6.45) is 2.02. The molecule has 1 aromatic heterocycles. The summed E-state index contributed by atoms with van der Waals surface area (Å²) in [7, 11) is 0. The first-order valence-corrected chi connectivity index (χ1v) is 6.47. The van der Waals surface area contributed by atoms with Gasteiger partial charge in [0.05, 0.1) is 13.2 Å².